The molecule has 0 fully saturated rings. The summed E-state index contributed by atoms with van der Waals surface area (Å²) in [5.74, 6) is -0.248. The zero-order valence-electron chi connectivity index (χ0n) is 16.0. The summed E-state index contributed by atoms with van der Waals surface area (Å²) in [7, 11) is -3.74. The Morgan fingerprint density at radius 2 is 1.83 bits per heavy atom. The molecule has 3 aromatic carbocycles. The van der Waals surface area contributed by atoms with Crippen molar-refractivity contribution in [1.82, 2.24) is 0 Å². The first-order valence-corrected chi connectivity index (χ1v) is 11.9. The van der Waals surface area contributed by atoms with E-state index in [4.69, 9.17) is 11.6 Å². The second kappa shape index (κ2) is 8.06. The first-order valence-electron chi connectivity index (χ1n) is 9.25. The number of nitrogens with one attached hydrogen (secondary N) is 1. The molecule has 1 heterocycles. The highest BCUT2D eigenvalue weighted by Crippen LogP contribution is 2.37. The highest BCUT2D eigenvalue weighted by molar-refractivity contribution is 9.10. The summed E-state index contributed by atoms with van der Waals surface area (Å²) in [4.78, 5) is 12.9. The zero-order chi connectivity index (χ0) is 21.5. The Labute approximate surface area is 188 Å². The lowest BCUT2D eigenvalue weighted by Gasteiger charge is -2.24. The van der Waals surface area contributed by atoms with Crippen molar-refractivity contribution in [1.29, 1.82) is 0 Å². The molecule has 1 aliphatic rings. The van der Waals surface area contributed by atoms with Gasteiger partial charge in [-0.2, -0.15) is 0 Å². The molecule has 1 aliphatic heterocycles. The van der Waals surface area contributed by atoms with Gasteiger partial charge in [0, 0.05) is 26.8 Å². The molecule has 30 heavy (non-hydrogen) atoms. The first-order chi connectivity index (χ1) is 14.3. The Morgan fingerprint density at radius 3 is 2.53 bits per heavy atom. The molecule has 1 amide bonds. The van der Waals surface area contributed by atoms with Crippen LogP contribution >= 0.6 is 27.5 Å². The minimum Gasteiger partial charge on any atom is -0.322 e. The summed E-state index contributed by atoms with van der Waals surface area (Å²) in [5, 5.41) is 3.34. The van der Waals surface area contributed by atoms with E-state index < -0.39 is 10.0 Å². The first kappa shape index (κ1) is 20.9. The van der Waals surface area contributed by atoms with E-state index in [1.165, 1.54) is 16.4 Å². The number of carbonyl (C=O) groups is 1. The Bertz CT molecular complexity index is 1230. The number of hydrogen-bond acceptors (Lipinski definition) is 3. The average molecular weight is 506 g/mol. The van der Waals surface area contributed by atoms with E-state index in [2.05, 4.69) is 21.2 Å². The van der Waals surface area contributed by atoms with Crippen molar-refractivity contribution in [2.45, 2.75) is 24.3 Å². The summed E-state index contributed by atoms with van der Waals surface area (Å²) in [5.41, 5.74) is 2.57. The topological polar surface area (TPSA) is 66.5 Å². The zero-order valence-corrected chi connectivity index (χ0v) is 19.1. The normalized spacial score (nSPS) is 15.7. The molecule has 0 aromatic heterocycles. The van der Waals surface area contributed by atoms with Gasteiger partial charge in [0.2, 0.25) is 0 Å². The predicted molar refractivity (Wildman–Crippen MR) is 123 cm³/mol. The molecule has 0 spiro atoms. The van der Waals surface area contributed by atoms with Gasteiger partial charge in [-0.15, -0.1) is 0 Å². The van der Waals surface area contributed by atoms with E-state index in [1.807, 2.05) is 25.1 Å². The van der Waals surface area contributed by atoms with Crippen LogP contribution in [0.2, 0.25) is 5.02 Å². The van der Waals surface area contributed by atoms with Gasteiger partial charge in [0.25, 0.3) is 15.9 Å². The van der Waals surface area contributed by atoms with Gasteiger partial charge < -0.3 is 5.32 Å². The molecule has 1 N–H and O–H groups in total. The molecule has 0 bridgehead atoms. The minimum absolute atomic E-state index is 0.183. The number of halogens is 2. The molecule has 0 aliphatic carbocycles. The number of anilines is 2. The van der Waals surface area contributed by atoms with Crippen molar-refractivity contribution in [3.63, 3.8) is 0 Å². The third-order valence-corrected chi connectivity index (χ3v) is 7.64. The number of rotatable bonds is 4. The number of nitrogens with zero attached hydrogens (tertiary/aromatic N) is 1. The summed E-state index contributed by atoms with van der Waals surface area (Å²) in [6.07, 6.45) is 0.528. The third-order valence-electron chi connectivity index (χ3n) is 4.95. The maximum atomic E-state index is 13.2. The fourth-order valence-corrected chi connectivity index (χ4v) is 5.82. The van der Waals surface area contributed by atoms with E-state index in [9.17, 15) is 13.2 Å². The highest BCUT2D eigenvalue weighted by Gasteiger charge is 2.36. The number of carbonyl (C=O) groups excluding carboxylic acids is 1. The molecule has 0 unspecified atom stereocenters. The van der Waals surface area contributed by atoms with Gasteiger partial charge in [-0.1, -0.05) is 33.6 Å². The molecule has 8 heteroatoms. The van der Waals surface area contributed by atoms with Crippen LogP contribution in [0, 0.1) is 0 Å². The number of fused-ring (bicyclic) bond motifs is 1. The van der Waals surface area contributed by atoms with Gasteiger partial charge in [0.05, 0.1) is 10.6 Å². The quantitative estimate of drug-likeness (QED) is 0.509. The number of benzene rings is 3. The van der Waals surface area contributed by atoms with E-state index >= 15 is 0 Å². The summed E-state index contributed by atoms with van der Waals surface area (Å²) in [6.45, 7) is 1.86. The summed E-state index contributed by atoms with van der Waals surface area (Å²) in [6, 6.07) is 18.3. The van der Waals surface area contributed by atoms with Crippen LogP contribution < -0.4 is 9.62 Å². The fraction of sp³-hybridized carbons (Fsp3) is 0.136. The van der Waals surface area contributed by atoms with Crippen LogP contribution in [-0.2, 0) is 16.4 Å². The molecular weight excluding hydrogens is 488 g/mol. The van der Waals surface area contributed by atoms with Crippen molar-refractivity contribution >= 4 is 54.8 Å². The summed E-state index contributed by atoms with van der Waals surface area (Å²) < 4.78 is 28.7. The molecule has 0 radical (unpaired) electrons. The van der Waals surface area contributed by atoms with Gasteiger partial charge >= 0.3 is 0 Å². The van der Waals surface area contributed by atoms with E-state index in [-0.39, 0.29) is 16.8 Å². The number of hydrogen-bond donors (Lipinski definition) is 1. The van der Waals surface area contributed by atoms with Crippen LogP contribution in [0.15, 0.2) is 76.1 Å². The maximum Gasteiger partial charge on any atom is 0.264 e. The van der Waals surface area contributed by atoms with Crippen LogP contribution in [0.5, 0.6) is 0 Å². The lowest BCUT2D eigenvalue weighted by molar-refractivity contribution is 0.102. The molecule has 154 valence electrons. The molecule has 3 aromatic rings. The largest absolute Gasteiger partial charge is 0.322 e. The molecule has 0 saturated carbocycles. The Balaban J connectivity index is 1.63. The molecule has 0 saturated heterocycles. The highest BCUT2D eigenvalue weighted by atomic mass is 79.9. The van der Waals surface area contributed by atoms with Crippen LogP contribution in [0.3, 0.4) is 0 Å². The number of sulfonamides is 1. The Hall–Kier alpha value is -2.35. The molecule has 4 rings (SSSR count). The standard InChI is InChI=1S/C22H18BrClN2O3S/c1-14-11-16-12-15(22(27)25-19-4-2-3-17(23)13-19)5-10-21(16)26(14)30(28,29)20-8-6-18(24)7-9-20/h2-10,12-14H,11H2,1H3,(H,25,27)/t14-/m1/s1. The third kappa shape index (κ3) is 3.97. The van der Waals surface area contributed by atoms with Gasteiger partial charge in [0.1, 0.15) is 0 Å². The Morgan fingerprint density at radius 1 is 1.10 bits per heavy atom. The monoisotopic (exact) mass is 504 g/mol. The Kier molecular flexibility index (Phi) is 5.61. The van der Waals surface area contributed by atoms with Crippen LogP contribution in [-0.4, -0.2) is 20.4 Å². The minimum atomic E-state index is -3.74. The lowest BCUT2D eigenvalue weighted by Crippen LogP contribution is -2.35. The van der Waals surface area contributed by atoms with Crippen LogP contribution in [0.1, 0.15) is 22.8 Å². The second-order valence-electron chi connectivity index (χ2n) is 7.12. The van der Waals surface area contributed by atoms with Gasteiger partial charge in [-0.3, -0.25) is 9.10 Å². The van der Waals surface area contributed by atoms with Crippen molar-refractivity contribution in [2.75, 3.05) is 9.62 Å². The van der Waals surface area contributed by atoms with E-state index in [1.54, 1.807) is 36.4 Å². The van der Waals surface area contributed by atoms with Crippen LogP contribution in [0.25, 0.3) is 0 Å². The number of amides is 1. The molecule has 5 nitrogen and oxygen atoms in total. The smallest absolute Gasteiger partial charge is 0.264 e. The lowest BCUT2D eigenvalue weighted by atomic mass is 10.1. The molecule has 1 atom stereocenters. The average Bonchev–Trinajstić information content (AvgIpc) is 3.03. The molecular formula is C22H18BrClN2O3S. The fourth-order valence-electron chi connectivity index (χ4n) is 3.60. The van der Waals surface area contributed by atoms with Crippen LogP contribution in [0.4, 0.5) is 11.4 Å². The van der Waals surface area contributed by atoms with Crippen molar-refractivity contribution in [3.05, 3.63) is 87.4 Å². The summed E-state index contributed by atoms with van der Waals surface area (Å²) >= 11 is 9.28. The second-order valence-corrected chi connectivity index (χ2v) is 10.3. The van der Waals surface area contributed by atoms with Gasteiger partial charge in [0.15, 0.2) is 0 Å². The van der Waals surface area contributed by atoms with Crippen molar-refractivity contribution in [3.8, 4) is 0 Å². The van der Waals surface area contributed by atoms with Gasteiger partial charge in [-0.25, -0.2) is 8.42 Å². The maximum absolute atomic E-state index is 13.2. The predicted octanol–water partition coefficient (Wildman–Crippen LogP) is 5.49. The van der Waals surface area contributed by atoms with Gasteiger partial charge in [-0.05, 0) is 79.6 Å². The van der Waals surface area contributed by atoms with Crippen molar-refractivity contribution < 1.29 is 13.2 Å². The van der Waals surface area contributed by atoms with E-state index in [0.717, 1.165) is 10.0 Å². The van der Waals surface area contributed by atoms with E-state index in [0.29, 0.717) is 28.4 Å². The van der Waals surface area contributed by atoms with Crippen molar-refractivity contribution in [2.24, 2.45) is 0 Å². The SMILES string of the molecule is C[C@@H]1Cc2cc(C(=O)Nc3cccc(Br)c3)ccc2N1S(=O)(=O)c1ccc(Cl)cc1.